The highest BCUT2D eigenvalue weighted by atomic mass is 35.5. The molecule has 1 aromatic carbocycles. The Morgan fingerprint density at radius 1 is 1.29 bits per heavy atom. The number of nitrogens with one attached hydrogen (secondary N) is 1. The van der Waals surface area contributed by atoms with E-state index in [0.29, 0.717) is 18.0 Å². The van der Waals surface area contributed by atoms with Gasteiger partial charge >= 0.3 is 0 Å². The molecule has 21 heavy (non-hydrogen) atoms. The molecule has 2 rings (SSSR count). The van der Waals surface area contributed by atoms with Crippen LogP contribution < -0.4 is 11.1 Å². The number of hydrogen-bond donors (Lipinski definition) is 2. The highest BCUT2D eigenvalue weighted by Gasteiger charge is 2.24. The molecule has 1 fully saturated rings. The van der Waals surface area contributed by atoms with Crippen LogP contribution in [0.15, 0.2) is 24.3 Å². The lowest BCUT2D eigenvalue weighted by Crippen LogP contribution is -2.46. The number of amides is 1. The topological polar surface area (TPSA) is 55.1 Å². The van der Waals surface area contributed by atoms with Gasteiger partial charge < -0.3 is 11.1 Å². The third kappa shape index (κ3) is 5.29. The van der Waals surface area contributed by atoms with Crippen LogP contribution in [0.4, 0.5) is 4.39 Å². The molecule has 0 spiro atoms. The molecule has 3 N–H and O–H groups in total. The molecule has 118 valence electrons. The maximum atomic E-state index is 13.5. The van der Waals surface area contributed by atoms with Gasteiger partial charge in [-0.3, -0.25) is 4.79 Å². The smallest absolute Gasteiger partial charge is 0.224 e. The first-order chi connectivity index (χ1) is 9.70. The van der Waals surface area contributed by atoms with E-state index in [9.17, 15) is 9.18 Å². The Morgan fingerprint density at radius 3 is 2.57 bits per heavy atom. The van der Waals surface area contributed by atoms with E-state index in [1.54, 1.807) is 18.2 Å². The van der Waals surface area contributed by atoms with Gasteiger partial charge in [0.05, 0.1) is 6.42 Å². The molecule has 1 aromatic rings. The Kier molecular flexibility index (Phi) is 7.68. The lowest BCUT2D eigenvalue weighted by molar-refractivity contribution is -0.121. The fraction of sp³-hybridized carbons (Fsp3) is 0.562. The van der Waals surface area contributed by atoms with Gasteiger partial charge in [0.25, 0.3) is 0 Å². The van der Waals surface area contributed by atoms with Gasteiger partial charge in [0.15, 0.2) is 0 Å². The minimum absolute atomic E-state index is 0. The molecular formula is C16H24ClFN2O. The van der Waals surface area contributed by atoms with Gasteiger partial charge in [0, 0.05) is 12.6 Å². The zero-order valence-corrected chi connectivity index (χ0v) is 13.0. The Bertz CT molecular complexity index is 450. The van der Waals surface area contributed by atoms with E-state index in [1.807, 2.05) is 0 Å². The molecule has 1 unspecified atom stereocenters. The van der Waals surface area contributed by atoms with Gasteiger partial charge in [-0.2, -0.15) is 0 Å². The first kappa shape index (κ1) is 17.9. The summed E-state index contributed by atoms with van der Waals surface area (Å²) in [6.07, 6.45) is 6.03. The minimum atomic E-state index is -0.329. The second kappa shape index (κ2) is 9.00. The van der Waals surface area contributed by atoms with Gasteiger partial charge in [0.1, 0.15) is 5.82 Å². The van der Waals surface area contributed by atoms with Gasteiger partial charge in [-0.25, -0.2) is 4.39 Å². The number of halogens is 2. The quantitative estimate of drug-likeness (QED) is 0.878. The summed E-state index contributed by atoms with van der Waals surface area (Å²) in [4.78, 5) is 12.0. The van der Waals surface area contributed by atoms with Crippen molar-refractivity contribution in [2.24, 2.45) is 11.7 Å². The molecule has 1 saturated carbocycles. The van der Waals surface area contributed by atoms with Gasteiger partial charge in [-0.05, 0) is 30.4 Å². The Labute approximate surface area is 131 Å². The third-order valence-corrected chi connectivity index (χ3v) is 4.13. The zero-order valence-electron chi connectivity index (χ0n) is 12.2. The van der Waals surface area contributed by atoms with Crippen LogP contribution in [0.1, 0.15) is 37.7 Å². The molecule has 1 aliphatic carbocycles. The molecule has 0 bridgehead atoms. The summed E-state index contributed by atoms with van der Waals surface area (Å²) in [5, 5.41) is 2.98. The first-order valence-corrected chi connectivity index (χ1v) is 7.43. The van der Waals surface area contributed by atoms with Crippen LogP contribution in [-0.4, -0.2) is 18.5 Å². The van der Waals surface area contributed by atoms with E-state index in [1.165, 1.54) is 25.3 Å². The number of hydrogen-bond acceptors (Lipinski definition) is 2. The van der Waals surface area contributed by atoms with Crippen molar-refractivity contribution in [2.75, 3.05) is 6.54 Å². The predicted octanol–water partition coefficient (Wildman–Crippen LogP) is 2.81. The molecule has 0 aliphatic heterocycles. The number of carbonyl (C=O) groups excluding carboxylic acids is 1. The number of carbonyl (C=O) groups is 1. The van der Waals surface area contributed by atoms with Crippen LogP contribution in [0.5, 0.6) is 0 Å². The fourth-order valence-electron chi connectivity index (χ4n) is 2.98. The summed E-state index contributed by atoms with van der Waals surface area (Å²) in [5.41, 5.74) is 6.22. The highest BCUT2D eigenvalue weighted by Crippen LogP contribution is 2.26. The van der Waals surface area contributed by atoms with Crippen molar-refractivity contribution < 1.29 is 9.18 Å². The summed E-state index contributed by atoms with van der Waals surface area (Å²) >= 11 is 0. The molecule has 0 heterocycles. The summed E-state index contributed by atoms with van der Waals surface area (Å²) in [6, 6.07) is 6.42. The largest absolute Gasteiger partial charge is 0.352 e. The highest BCUT2D eigenvalue weighted by molar-refractivity contribution is 5.85. The minimum Gasteiger partial charge on any atom is -0.352 e. The first-order valence-electron chi connectivity index (χ1n) is 7.43. The lowest BCUT2D eigenvalue weighted by atomic mass is 9.84. The average Bonchev–Trinajstić information content (AvgIpc) is 2.48. The van der Waals surface area contributed by atoms with E-state index in [0.717, 1.165) is 12.8 Å². The molecule has 0 aromatic heterocycles. The second-order valence-electron chi connectivity index (χ2n) is 5.58. The number of benzene rings is 1. The third-order valence-electron chi connectivity index (χ3n) is 4.13. The Balaban J connectivity index is 0.00000220. The summed E-state index contributed by atoms with van der Waals surface area (Å²) in [6.45, 7) is 0.452. The van der Waals surface area contributed by atoms with Crippen molar-refractivity contribution in [3.8, 4) is 0 Å². The van der Waals surface area contributed by atoms with Crippen molar-refractivity contribution >= 4 is 18.3 Å². The predicted molar refractivity (Wildman–Crippen MR) is 84.9 cm³/mol. The summed E-state index contributed by atoms with van der Waals surface area (Å²) in [7, 11) is 0. The van der Waals surface area contributed by atoms with Crippen LogP contribution in [-0.2, 0) is 11.2 Å². The van der Waals surface area contributed by atoms with E-state index in [-0.39, 0.29) is 36.6 Å². The lowest BCUT2D eigenvalue weighted by Gasteiger charge is -2.30. The maximum absolute atomic E-state index is 13.5. The van der Waals surface area contributed by atoms with Gasteiger partial charge in [-0.1, -0.05) is 37.5 Å². The molecular weight excluding hydrogens is 291 g/mol. The summed E-state index contributed by atoms with van der Waals surface area (Å²) < 4.78 is 13.5. The zero-order chi connectivity index (χ0) is 14.4. The van der Waals surface area contributed by atoms with Gasteiger partial charge in [-0.15, -0.1) is 12.4 Å². The van der Waals surface area contributed by atoms with Crippen LogP contribution in [0.3, 0.4) is 0 Å². The summed E-state index contributed by atoms with van der Waals surface area (Å²) in [5.74, 6) is -0.000872. The van der Waals surface area contributed by atoms with E-state index in [2.05, 4.69) is 5.32 Å². The van der Waals surface area contributed by atoms with E-state index in [4.69, 9.17) is 5.73 Å². The van der Waals surface area contributed by atoms with E-state index >= 15 is 0 Å². The molecule has 1 amide bonds. The van der Waals surface area contributed by atoms with E-state index < -0.39 is 0 Å². The fourth-order valence-corrected chi connectivity index (χ4v) is 2.98. The SMILES string of the molecule is Cl.NCC(NC(=O)Cc1ccccc1F)C1CCCCC1. The Hall–Kier alpha value is -1.13. The second-order valence-corrected chi connectivity index (χ2v) is 5.58. The number of nitrogens with two attached hydrogens (primary N) is 1. The van der Waals surface area contributed by atoms with Crippen molar-refractivity contribution in [1.29, 1.82) is 0 Å². The molecule has 5 heteroatoms. The van der Waals surface area contributed by atoms with Crippen molar-refractivity contribution in [3.05, 3.63) is 35.6 Å². The van der Waals surface area contributed by atoms with Crippen LogP contribution in [0.2, 0.25) is 0 Å². The van der Waals surface area contributed by atoms with Crippen LogP contribution in [0.25, 0.3) is 0 Å². The average molecular weight is 315 g/mol. The molecule has 1 aliphatic rings. The molecule has 1 atom stereocenters. The van der Waals surface area contributed by atoms with Crippen molar-refractivity contribution in [2.45, 2.75) is 44.6 Å². The van der Waals surface area contributed by atoms with Crippen LogP contribution >= 0.6 is 12.4 Å². The Morgan fingerprint density at radius 2 is 1.95 bits per heavy atom. The van der Waals surface area contributed by atoms with Crippen LogP contribution in [0, 0.1) is 11.7 Å². The monoisotopic (exact) mass is 314 g/mol. The maximum Gasteiger partial charge on any atom is 0.224 e. The standard InChI is InChI=1S/C16H23FN2O.ClH/c17-14-9-5-4-8-13(14)10-16(20)19-15(11-18)12-6-2-1-3-7-12;/h4-5,8-9,12,15H,1-3,6-7,10-11,18H2,(H,19,20);1H. The normalized spacial score (nSPS) is 16.9. The van der Waals surface area contributed by atoms with Crippen molar-refractivity contribution in [3.63, 3.8) is 0 Å². The molecule has 0 saturated heterocycles. The molecule has 0 radical (unpaired) electrons. The van der Waals surface area contributed by atoms with Crippen molar-refractivity contribution in [1.82, 2.24) is 5.32 Å². The molecule has 3 nitrogen and oxygen atoms in total. The number of rotatable bonds is 5. The van der Waals surface area contributed by atoms with Gasteiger partial charge in [0.2, 0.25) is 5.91 Å².